The molecule has 1 saturated heterocycles. The van der Waals surface area contributed by atoms with Gasteiger partial charge in [-0.15, -0.1) is 0 Å². The quantitative estimate of drug-likeness (QED) is 0.817. The van der Waals surface area contributed by atoms with Crippen LogP contribution in [0.3, 0.4) is 0 Å². The number of nitrogens with zero attached hydrogens (tertiary/aromatic N) is 1. The molecule has 122 valence electrons. The third-order valence-electron chi connectivity index (χ3n) is 6.45. The fraction of sp³-hybridized carbons (Fsp3) is 1.00. The van der Waals surface area contributed by atoms with Gasteiger partial charge in [0.25, 0.3) is 0 Å². The standard InChI is InChI=1S/C19H36N2/c1-16(2)20-14-19(11-4-3-5-12-19)15-21-13-7-9-17-8-6-10-18(17)21/h16-18,20H,3-15H2,1-2H3. The van der Waals surface area contributed by atoms with Crippen LogP contribution < -0.4 is 5.32 Å². The predicted octanol–water partition coefficient (Wildman–Crippen LogP) is 4.20. The fourth-order valence-electron chi connectivity index (χ4n) is 5.30. The monoisotopic (exact) mass is 292 g/mol. The Balaban J connectivity index is 1.65. The van der Waals surface area contributed by atoms with Crippen molar-refractivity contribution in [1.82, 2.24) is 10.2 Å². The van der Waals surface area contributed by atoms with Crippen molar-refractivity contribution in [3.63, 3.8) is 0 Å². The largest absolute Gasteiger partial charge is 0.314 e. The molecule has 0 spiro atoms. The van der Waals surface area contributed by atoms with Crippen molar-refractivity contribution >= 4 is 0 Å². The van der Waals surface area contributed by atoms with Crippen molar-refractivity contribution in [2.45, 2.75) is 90.1 Å². The van der Waals surface area contributed by atoms with Crippen LogP contribution in [-0.2, 0) is 0 Å². The Hall–Kier alpha value is -0.0800. The number of likely N-dealkylation sites (tertiary alicyclic amines) is 1. The molecule has 2 unspecified atom stereocenters. The van der Waals surface area contributed by atoms with Gasteiger partial charge in [0.15, 0.2) is 0 Å². The number of nitrogens with one attached hydrogen (secondary N) is 1. The maximum absolute atomic E-state index is 3.78. The van der Waals surface area contributed by atoms with Gasteiger partial charge < -0.3 is 5.32 Å². The van der Waals surface area contributed by atoms with Crippen LogP contribution in [-0.4, -0.2) is 36.6 Å². The van der Waals surface area contributed by atoms with Gasteiger partial charge in [-0.25, -0.2) is 0 Å². The lowest BCUT2D eigenvalue weighted by Crippen LogP contribution is -2.52. The van der Waals surface area contributed by atoms with Crippen molar-refractivity contribution in [1.29, 1.82) is 0 Å². The van der Waals surface area contributed by atoms with Gasteiger partial charge in [-0.3, -0.25) is 4.90 Å². The molecule has 0 bridgehead atoms. The maximum atomic E-state index is 3.78. The number of hydrogen-bond acceptors (Lipinski definition) is 2. The Bertz CT molecular complexity index is 320. The molecule has 0 aromatic rings. The molecule has 0 radical (unpaired) electrons. The lowest BCUT2D eigenvalue weighted by molar-refractivity contribution is 0.0380. The highest BCUT2D eigenvalue weighted by atomic mass is 15.2. The van der Waals surface area contributed by atoms with Crippen LogP contribution in [0.25, 0.3) is 0 Å². The third-order valence-corrected chi connectivity index (χ3v) is 6.45. The van der Waals surface area contributed by atoms with Gasteiger partial charge in [0, 0.05) is 25.2 Å². The van der Waals surface area contributed by atoms with E-state index in [2.05, 4.69) is 24.1 Å². The van der Waals surface area contributed by atoms with E-state index in [1.807, 2.05) is 0 Å². The Morgan fingerprint density at radius 3 is 2.52 bits per heavy atom. The molecule has 3 aliphatic rings. The van der Waals surface area contributed by atoms with E-state index in [1.54, 1.807) is 0 Å². The molecule has 0 aromatic carbocycles. The summed E-state index contributed by atoms with van der Waals surface area (Å²) in [5, 5.41) is 3.78. The molecular formula is C19H36N2. The molecular weight excluding hydrogens is 256 g/mol. The zero-order chi connectivity index (χ0) is 14.7. The Morgan fingerprint density at radius 1 is 1.00 bits per heavy atom. The number of rotatable bonds is 5. The summed E-state index contributed by atoms with van der Waals surface area (Å²) in [7, 11) is 0. The van der Waals surface area contributed by atoms with Crippen LogP contribution in [0.15, 0.2) is 0 Å². The highest BCUT2D eigenvalue weighted by Gasteiger charge is 2.40. The van der Waals surface area contributed by atoms with Gasteiger partial charge in [0.1, 0.15) is 0 Å². The topological polar surface area (TPSA) is 15.3 Å². The average Bonchev–Trinajstić information content (AvgIpc) is 2.96. The van der Waals surface area contributed by atoms with Crippen molar-refractivity contribution < 1.29 is 0 Å². The van der Waals surface area contributed by atoms with E-state index in [1.165, 1.54) is 83.8 Å². The Morgan fingerprint density at radius 2 is 1.76 bits per heavy atom. The lowest BCUT2D eigenvalue weighted by Gasteiger charge is -2.46. The minimum atomic E-state index is 0.576. The van der Waals surface area contributed by atoms with Crippen LogP contribution in [0.4, 0.5) is 0 Å². The minimum Gasteiger partial charge on any atom is -0.314 e. The van der Waals surface area contributed by atoms with Crippen molar-refractivity contribution in [3.8, 4) is 0 Å². The fourth-order valence-corrected chi connectivity index (χ4v) is 5.30. The molecule has 2 nitrogen and oxygen atoms in total. The van der Waals surface area contributed by atoms with E-state index in [0.717, 1.165) is 12.0 Å². The average molecular weight is 293 g/mol. The minimum absolute atomic E-state index is 0.576. The summed E-state index contributed by atoms with van der Waals surface area (Å²) in [4.78, 5) is 2.93. The maximum Gasteiger partial charge on any atom is 0.0124 e. The molecule has 1 aliphatic heterocycles. The van der Waals surface area contributed by atoms with E-state index < -0.39 is 0 Å². The molecule has 2 aliphatic carbocycles. The smallest absolute Gasteiger partial charge is 0.0124 e. The second-order valence-electron chi connectivity index (χ2n) is 8.47. The lowest BCUT2D eigenvalue weighted by atomic mass is 9.72. The molecule has 0 amide bonds. The van der Waals surface area contributed by atoms with Gasteiger partial charge in [0.2, 0.25) is 0 Å². The molecule has 3 fully saturated rings. The van der Waals surface area contributed by atoms with Gasteiger partial charge in [-0.2, -0.15) is 0 Å². The van der Waals surface area contributed by atoms with Gasteiger partial charge in [-0.1, -0.05) is 39.5 Å². The van der Waals surface area contributed by atoms with Crippen LogP contribution in [0, 0.1) is 11.3 Å². The highest BCUT2D eigenvalue weighted by molar-refractivity contribution is 4.95. The van der Waals surface area contributed by atoms with Crippen LogP contribution >= 0.6 is 0 Å². The zero-order valence-corrected chi connectivity index (χ0v) is 14.4. The molecule has 0 aromatic heterocycles. The molecule has 2 saturated carbocycles. The van der Waals surface area contributed by atoms with Gasteiger partial charge in [0.05, 0.1) is 0 Å². The SMILES string of the molecule is CC(C)NCC1(CN2CCCC3CCCC32)CCCCC1. The van der Waals surface area contributed by atoms with Crippen molar-refractivity contribution in [2.75, 3.05) is 19.6 Å². The number of piperidine rings is 1. The summed E-state index contributed by atoms with van der Waals surface area (Å²) in [5.41, 5.74) is 0.576. The second kappa shape index (κ2) is 7.00. The molecule has 2 heteroatoms. The van der Waals surface area contributed by atoms with Crippen LogP contribution in [0.2, 0.25) is 0 Å². The number of fused-ring (bicyclic) bond motifs is 1. The first-order chi connectivity index (χ1) is 10.2. The summed E-state index contributed by atoms with van der Waals surface area (Å²) in [6.45, 7) is 8.60. The Kier molecular flexibility index (Phi) is 5.27. The van der Waals surface area contributed by atoms with Crippen LogP contribution in [0.5, 0.6) is 0 Å². The second-order valence-corrected chi connectivity index (χ2v) is 8.47. The molecule has 3 rings (SSSR count). The van der Waals surface area contributed by atoms with E-state index in [4.69, 9.17) is 0 Å². The van der Waals surface area contributed by atoms with Crippen molar-refractivity contribution in [3.05, 3.63) is 0 Å². The predicted molar refractivity (Wildman–Crippen MR) is 90.6 cm³/mol. The summed E-state index contributed by atoms with van der Waals surface area (Å²) in [6.07, 6.45) is 14.8. The van der Waals surface area contributed by atoms with E-state index in [9.17, 15) is 0 Å². The summed E-state index contributed by atoms with van der Waals surface area (Å²) in [6, 6.07) is 1.57. The highest BCUT2D eigenvalue weighted by Crippen LogP contribution is 2.42. The molecule has 1 N–H and O–H groups in total. The summed E-state index contributed by atoms with van der Waals surface area (Å²) in [5.74, 6) is 1.04. The summed E-state index contributed by atoms with van der Waals surface area (Å²) >= 11 is 0. The molecule has 21 heavy (non-hydrogen) atoms. The molecule has 2 atom stereocenters. The third kappa shape index (κ3) is 3.82. The van der Waals surface area contributed by atoms with E-state index in [0.29, 0.717) is 11.5 Å². The van der Waals surface area contributed by atoms with Gasteiger partial charge in [-0.05, 0) is 56.4 Å². The zero-order valence-electron chi connectivity index (χ0n) is 14.4. The summed E-state index contributed by atoms with van der Waals surface area (Å²) < 4.78 is 0. The van der Waals surface area contributed by atoms with Crippen LogP contribution in [0.1, 0.15) is 78.1 Å². The first-order valence-electron chi connectivity index (χ1n) is 9.66. The Labute approximate surface area is 132 Å². The normalized spacial score (nSPS) is 33.3. The van der Waals surface area contributed by atoms with E-state index >= 15 is 0 Å². The first-order valence-corrected chi connectivity index (χ1v) is 9.66. The van der Waals surface area contributed by atoms with Crippen molar-refractivity contribution in [2.24, 2.45) is 11.3 Å². The molecule has 1 heterocycles. The first kappa shape index (κ1) is 15.8. The van der Waals surface area contributed by atoms with E-state index in [-0.39, 0.29) is 0 Å². The van der Waals surface area contributed by atoms with Gasteiger partial charge >= 0.3 is 0 Å². The number of hydrogen-bond donors (Lipinski definition) is 1.